The summed E-state index contributed by atoms with van der Waals surface area (Å²) in [5.41, 5.74) is 1.13. The molecule has 1 aromatic carbocycles. The van der Waals surface area contributed by atoms with E-state index in [1.165, 1.54) is 70.6 Å². The molecule has 146 valence electrons. The zero-order valence-corrected chi connectivity index (χ0v) is 17.7. The number of benzene rings is 1. The van der Waals surface area contributed by atoms with Gasteiger partial charge in [0.1, 0.15) is 5.82 Å². The Bertz CT molecular complexity index is 549. The van der Waals surface area contributed by atoms with Crippen molar-refractivity contribution in [2.75, 3.05) is 26.2 Å². The fraction of sp³-hybridized carbons (Fsp3) is 0.727. The van der Waals surface area contributed by atoms with Crippen molar-refractivity contribution in [3.63, 3.8) is 0 Å². The Hall–Kier alpha value is -0.450. The summed E-state index contributed by atoms with van der Waals surface area (Å²) in [5.74, 6) is 1.51. The average molecular weight is 425 g/mol. The first-order valence-corrected chi connectivity index (χ1v) is 11.3. The van der Waals surface area contributed by atoms with E-state index in [1.807, 2.05) is 6.07 Å². The second kappa shape index (κ2) is 10.2. The highest BCUT2D eigenvalue weighted by molar-refractivity contribution is 9.10. The predicted molar refractivity (Wildman–Crippen MR) is 111 cm³/mol. The quantitative estimate of drug-likeness (QED) is 0.629. The first kappa shape index (κ1) is 20.3. The Morgan fingerprint density at radius 1 is 1.08 bits per heavy atom. The molecule has 0 atom stereocenters. The molecule has 1 aromatic rings. The number of hydrogen-bond donors (Lipinski definition) is 1. The van der Waals surface area contributed by atoms with Gasteiger partial charge in [0.2, 0.25) is 0 Å². The molecule has 2 nitrogen and oxygen atoms in total. The molecule has 1 N–H and O–H groups in total. The Morgan fingerprint density at radius 2 is 1.81 bits per heavy atom. The SMILES string of the molecule is CCNC1CCC(CCN2CCC(Cc3cc(F)ccc3Br)CC2)CC1. The lowest BCUT2D eigenvalue weighted by atomic mass is 9.83. The lowest BCUT2D eigenvalue weighted by Crippen LogP contribution is -2.37. The highest BCUT2D eigenvalue weighted by atomic mass is 79.9. The van der Waals surface area contributed by atoms with E-state index in [1.54, 1.807) is 6.07 Å². The van der Waals surface area contributed by atoms with Crippen LogP contribution >= 0.6 is 15.9 Å². The lowest BCUT2D eigenvalue weighted by Gasteiger charge is -2.34. The number of nitrogens with zero attached hydrogens (tertiary/aromatic N) is 1. The van der Waals surface area contributed by atoms with Crippen LogP contribution in [-0.2, 0) is 6.42 Å². The Kier molecular flexibility index (Phi) is 7.95. The number of likely N-dealkylation sites (tertiary alicyclic amines) is 1. The summed E-state index contributed by atoms with van der Waals surface area (Å²) >= 11 is 3.57. The molecule has 1 saturated carbocycles. The van der Waals surface area contributed by atoms with Crippen LogP contribution in [0.4, 0.5) is 4.39 Å². The zero-order valence-electron chi connectivity index (χ0n) is 16.2. The van der Waals surface area contributed by atoms with Gasteiger partial charge in [0.25, 0.3) is 0 Å². The molecule has 1 heterocycles. The first-order chi connectivity index (χ1) is 12.6. The minimum Gasteiger partial charge on any atom is -0.314 e. The smallest absolute Gasteiger partial charge is 0.123 e. The second-order valence-electron chi connectivity index (χ2n) is 8.29. The standard InChI is InChI=1S/C22H34BrFN2/c1-2-25-21-6-3-17(4-7-21)9-12-26-13-10-18(11-14-26)15-19-16-20(24)5-8-22(19)23/h5,8,16-18,21,25H,2-4,6-7,9-15H2,1H3. The number of halogens is 2. The molecule has 1 saturated heterocycles. The topological polar surface area (TPSA) is 15.3 Å². The third-order valence-corrected chi connectivity index (χ3v) is 7.19. The third-order valence-electron chi connectivity index (χ3n) is 6.42. The van der Waals surface area contributed by atoms with Gasteiger partial charge in [-0.05, 0) is 113 Å². The maximum Gasteiger partial charge on any atom is 0.123 e. The molecule has 0 aromatic heterocycles. The number of rotatable bonds is 7. The van der Waals surface area contributed by atoms with E-state index in [4.69, 9.17) is 0 Å². The van der Waals surface area contributed by atoms with Gasteiger partial charge in [0, 0.05) is 10.5 Å². The van der Waals surface area contributed by atoms with Crippen molar-refractivity contribution in [2.45, 2.75) is 64.3 Å². The average Bonchev–Trinajstić information content (AvgIpc) is 2.65. The Morgan fingerprint density at radius 3 is 2.50 bits per heavy atom. The van der Waals surface area contributed by atoms with Gasteiger partial charge in [-0.2, -0.15) is 0 Å². The van der Waals surface area contributed by atoms with Gasteiger partial charge in [-0.25, -0.2) is 4.39 Å². The Labute approximate surface area is 167 Å². The highest BCUT2D eigenvalue weighted by Gasteiger charge is 2.23. The molecular formula is C22H34BrFN2. The molecule has 0 bridgehead atoms. The summed E-state index contributed by atoms with van der Waals surface area (Å²) in [4.78, 5) is 2.66. The number of nitrogens with one attached hydrogen (secondary N) is 1. The summed E-state index contributed by atoms with van der Waals surface area (Å²) in [6.07, 6.45) is 10.4. The van der Waals surface area contributed by atoms with E-state index < -0.39 is 0 Å². The van der Waals surface area contributed by atoms with Gasteiger partial charge < -0.3 is 10.2 Å². The van der Waals surface area contributed by atoms with Gasteiger partial charge in [0.15, 0.2) is 0 Å². The summed E-state index contributed by atoms with van der Waals surface area (Å²) in [7, 11) is 0. The molecular weight excluding hydrogens is 391 g/mol. The number of piperidine rings is 1. The molecule has 4 heteroatoms. The molecule has 0 radical (unpaired) electrons. The van der Waals surface area contributed by atoms with Gasteiger partial charge in [-0.1, -0.05) is 22.9 Å². The van der Waals surface area contributed by atoms with Crippen LogP contribution in [0.15, 0.2) is 22.7 Å². The predicted octanol–water partition coefficient (Wildman–Crippen LogP) is 5.40. The van der Waals surface area contributed by atoms with Crippen molar-refractivity contribution in [2.24, 2.45) is 11.8 Å². The van der Waals surface area contributed by atoms with Crippen LogP contribution in [0, 0.1) is 17.7 Å². The van der Waals surface area contributed by atoms with Crippen LogP contribution in [0.1, 0.15) is 57.4 Å². The first-order valence-electron chi connectivity index (χ1n) is 10.5. The van der Waals surface area contributed by atoms with Crippen LogP contribution in [-0.4, -0.2) is 37.1 Å². The molecule has 2 fully saturated rings. The van der Waals surface area contributed by atoms with Gasteiger partial charge in [-0.3, -0.25) is 0 Å². The van der Waals surface area contributed by atoms with E-state index >= 15 is 0 Å². The molecule has 3 rings (SSSR count). The lowest BCUT2D eigenvalue weighted by molar-refractivity contribution is 0.163. The monoisotopic (exact) mass is 424 g/mol. The van der Waals surface area contributed by atoms with E-state index in [0.717, 1.165) is 35.0 Å². The minimum atomic E-state index is -0.121. The van der Waals surface area contributed by atoms with Crippen LogP contribution in [0.2, 0.25) is 0 Å². The molecule has 26 heavy (non-hydrogen) atoms. The summed E-state index contributed by atoms with van der Waals surface area (Å²) in [6, 6.07) is 5.83. The summed E-state index contributed by atoms with van der Waals surface area (Å²) in [6.45, 7) is 7.01. The van der Waals surface area contributed by atoms with Crippen molar-refractivity contribution < 1.29 is 4.39 Å². The molecule has 0 unspecified atom stereocenters. The van der Waals surface area contributed by atoms with Gasteiger partial charge >= 0.3 is 0 Å². The molecule has 1 aliphatic carbocycles. The van der Waals surface area contributed by atoms with Crippen LogP contribution < -0.4 is 5.32 Å². The van der Waals surface area contributed by atoms with E-state index in [2.05, 4.69) is 33.1 Å². The second-order valence-corrected chi connectivity index (χ2v) is 9.14. The summed E-state index contributed by atoms with van der Waals surface area (Å²) in [5, 5.41) is 3.61. The van der Waals surface area contributed by atoms with Crippen molar-refractivity contribution >= 4 is 15.9 Å². The van der Waals surface area contributed by atoms with Crippen molar-refractivity contribution in [1.29, 1.82) is 0 Å². The minimum absolute atomic E-state index is 0.121. The Balaban J connectivity index is 1.35. The fourth-order valence-corrected chi connectivity index (χ4v) is 5.14. The summed E-state index contributed by atoms with van der Waals surface area (Å²) < 4.78 is 14.5. The molecule has 2 aliphatic rings. The van der Waals surface area contributed by atoms with Crippen molar-refractivity contribution in [3.05, 3.63) is 34.1 Å². The van der Waals surface area contributed by atoms with Crippen molar-refractivity contribution in [3.8, 4) is 0 Å². The molecule has 1 aliphatic heterocycles. The largest absolute Gasteiger partial charge is 0.314 e. The fourth-order valence-electron chi connectivity index (χ4n) is 4.73. The molecule has 0 amide bonds. The highest BCUT2D eigenvalue weighted by Crippen LogP contribution is 2.29. The van der Waals surface area contributed by atoms with Gasteiger partial charge in [0.05, 0.1) is 0 Å². The van der Waals surface area contributed by atoms with Crippen LogP contribution in [0.25, 0.3) is 0 Å². The van der Waals surface area contributed by atoms with Gasteiger partial charge in [-0.15, -0.1) is 0 Å². The van der Waals surface area contributed by atoms with E-state index in [9.17, 15) is 4.39 Å². The van der Waals surface area contributed by atoms with E-state index in [0.29, 0.717) is 5.92 Å². The number of hydrogen-bond acceptors (Lipinski definition) is 2. The zero-order chi connectivity index (χ0) is 18.4. The van der Waals surface area contributed by atoms with Crippen molar-refractivity contribution in [1.82, 2.24) is 10.2 Å². The van der Waals surface area contributed by atoms with Crippen LogP contribution in [0.5, 0.6) is 0 Å². The maximum atomic E-state index is 13.5. The third kappa shape index (κ3) is 6.03. The maximum absolute atomic E-state index is 13.5. The normalized spacial score (nSPS) is 25.5. The van der Waals surface area contributed by atoms with E-state index in [-0.39, 0.29) is 5.82 Å². The molecule has 0 spiro atoms. The van der Waals surface area contributed by atoms with Crippen LogP contribution in [0.3, 0.4) is 0 Å².